The standard InChI is InChI=1S/C15H12N6O3/c22-21(23)12-7-6-11(13-14(12)19-24-18-13)20-9-8-16-15(20)17-10-4-2-1-3-5-10/h1-7H,8-9H2,(H,16,17). The molecule has 1 aliphatic heterocycles. The van der Waals surface area contributed by atoms with Gasteiger partial charge in [0.1, 0.15) is 0 Å². The van der Waals surface area contributed by atoms with Gasteiger partial charge in [0.2, 0.25) is 11.5 Å². The number of nitrogens with one attached hydrogen (secondary N) is 1. The molecule has 120 valence electrons. The highest BCUT2D eigenvalue weighted by molar-refractivity contribution is 6.10. The molecule has 0 spiro atoms. The van der Waals surface area contributed by atoms with Crippen molar-refractivity contribution in [2.45, 2.75) is 0 Å². The van der Waals surface area contributed by atoms with Crippen molar-refractivity contribution in [2.75, 3.05) is 23.3 Å². The lowest BCUT2D eigenvalue weighted by Crippen LogP contribution is -2.33. The Morgan fingerprint density at radius 1 is 1.12 bits per heavy atom. The van der Waals surface area contributed by atoms with E-state index in [0.717, 1.165) is 5.69 Å². The first-order chi connectivity index (χ1) is 11.7. The molecule has 1 aromatic heterocycles. The number of hydrogen-bond acceptors (Lipinski definition) is 8. The number of para-hydroxylation sites is 1. The van der Waals surface area contributed by atoms with E-state index in [0.29, 0.717) is 30.3 Å². The maximum Gasteiger partial charge on any atom is 0.300 e. The van der Waals surface area contributed by atoms with E-state index in [1.54, 1.807) is 6.07 Å². The lowest BCUT2D eigenvalue weighted by atomic mass is 10.2. The molecular formula is C15H12N6O3. The zero-order valence-electron chi connectivity index (χ0n) is 12.4. The summed E-state index contributed by atoms with van der Waals surface area (Å²) < 4.78 is 4.72. The number of rotatable bonds is 3. The van der Waals surface area contributed by atoms with Gasteiger partial charge in [-0.2, -0.15) is 0 Å². The smallest absolute Gasteiger partial charge is 0.300 e. The largest absolute Gasteiger partial charge is 0.326 e. The summed E-state index contributed by atoms with van der Waals surface area (Å²) in [6.45, 7) is 1.24. The SMILES string of the molecule is O=[N+]([O-])c1ccc(N2CCN=C2Nc2ccccc2)c2nonc12. The molecule has 9 heteroatoms. The van der Waals surface area contributed by atoms with E-state index in [9.17, 15) is 10.1 Å². The van der Waals surface area contributed by atoms with Crippen molar-refractivity contribution < 1.29 is 9.55 Å². The van der Waals surface area contributed by atoms with Crippen LogP contribution in [0.4, 0.5) is 17.1 Å². The summed E-state index contributed by atoms with van der Waals surface area (Å²) >= 11 is 0. The average Bonchev–Trinajstić information content (AvgIpc) is 3.24. The molecule has 0 fully saturated rings. The van der Waals surface area contributed by atoms with E-state index in [4.69, 9.17) is 4.63 Å². The van der Waals surface area contributed by atoms with Crippen molar-refractivity contribution in [1.29, 1.82) is 0 Å². The highest BCUT2D eigenvalue weighted by atomic mass is 16.6. The van der Waals surface area contributed by atoms with E-state index in [1.165, 1.54) is 6.07 Å². The van der Waals surface area contributed by atoms with Crippen molar-refractivity contribution in [3.63, 3.8) is 0 Å². The van der Waals surface area contributed by atoms with Gasteiger partial charge in [-0.25, -0.2) is 4.63 Å². The summed E-state index contributed by atoms with van der Waals surface area (Å²) in [5.41, 5.74) is 1.90. The molecule has 1 N–H and O–H groups in total. The first-order valence-electron chi connectivity index (χ1n) is 7.28. The van der Waals surface area contributed by atoms with Gasteiger partial charge in [0, 0.05) is 18.3 Å². The molecule has 24 heavy (non-hydrogen) atoms. The fourth-order valence-electron chi connectivity index (χ4n) is 2.64. The average molecular weight is 324 g/mol. The van der Waals surface area contributed by atoms with E-state index in [-0.39, 0.29) is 11.2 Å². The van der Waals surface area contributed by atoms with Crippen LogP contribution in [0.2, 0.25) is 0 Å². The van der Waals surface area contributed by atoms with Gasteiger partial charge in [-0.1, -0.05) is 18.2 Å². The van der Waals surface area contributed by atoms with Crippen molar-refractivity contribution in [3.05, 3.63) is 52.6 Å². The number of nitro benzene ring substituents is 1. The number of anilines is 2. The molecule has 0 radical (unpaired) electrons. The molecule has 0 atom stereocenters. The van der Waals surface area contributed by atoms with Crippen LogP contribution in [0.25, 0.3) is 11.0 Å². The first kappa shape index (κ1) is 14.1. The summed E-state index contributed by atoms with van der Waals surface area (Å²) in [6, 6.07) is 12.7. The molecule has 0 aliphatic carbocycles. The van der Waals surface area contributed by atoms with Crippen molar-refractivity contribution in [1.82, 2.24) is 10.3 Å². The quantitative estimate of drug-likeness (QED) is 0.582. The summed E-state index contributed by atoms with van der Waals surface area (Å²) in [5, 5.41) is 21.8. The molecule has 0 amide bonds. The Morgan fingerprint density at radius 3 is 2.71 bits per heavy atom. The van der Waals surface area contributed by atoms with Crippen LogP contribution in [0.3, 0.4) is 0 Å². The van der Waals surface area contributed by atoms with Crippen molar-refractivity contribution in [2.24, 2.45) is 4.99 Å². The van der Waals surface area contributed by atoms with E-state index >= 15 is 0 Å². The van der Waals surface area contributed by atoms with Gasteiger partial charge in [0.15, 0.2) is 5.52 Å². The molecule has 0 saturated carbocycles. The summed E-state index contributed by atoms with van der Waals surface area (Å²) in [6.07, 6.45) is 0. The highest BCUT2D eigenvalue weighted by Gasteiger charge is 2.26. The van der Waals surface area contributed by atoms with Gasteiger partial charge in [-0.05, 0) is 28.5 Å². The summed E-state index contributed by atoms with van der Waals surface area (Å²) in [4.78, 5) is 17.0. The third-order valence-electron chi connectivity index (χ3n) is 3.73. The molecule has 0 bridgehead atoms. The molecule has 1 aliphatic rings. The monoisotopic (exact) mass is 324 g/mol. The Balaban J connectivity index is 1.72. The predicted octanol–water partition coefficient (Wildman–Crippen LogP) is 2.42. The maximum atomic E-state index is 11.1. The lowest BCUT2D eigenvalue weighted by molar-refractivity contribution is -0.383. The number of hydrogen-bond donors (Lipinski definition) is 1. The second-order valence-corrected chi connectivity index (χ2v) is 5.17. The Hall–Kier alpha value is -3.49. The molecule has 3 aromatic rings. The number of fused-ring (bicyclic) bond motifs is 1. The summed E-state index contributed by atoms with van der Waals surface area (Å²) in [5.74, 6) is 0.652. The molecule has 2 heterocycles. The molecule has 0 unspecified atom stereocenters. The van der Waals surface area contributed by atoms with Crippen LogP contribution in [-0.4, -0.2) is 34.3 Å². The highest BCUT2D eigenvalue weighted by Crippen LogP contribution is 2.32. The Morgan fingerprint density at radius 2 is 1.92 bits per heavy atom. The number of aliphatic imine (C=N–C) groups is 1. The van der Waals surface area contributed by atoms with Crippen LogP contribution in [0, 0.1) is 10.1 Å². The second-order valence-electron chi connectivity index (χ2n) is 5.17. The van der Waals surface area contributed by atoms with Gasteiger partial charge >= 0.3 is 5.69 Å². The Labute approximate surface area is 135 Å². The molecular weight excluding hydrogens is 312 g/mol. The molecule has 4 rings (SSSR count). The van der Waals surface area contributed by atoms with E-state index < -0.39 is 4.92 Å². The zero-order valence-corrected chi connectivity index (χ0v) is 12.4. The number of benzene rings is 2. The van der Waals surface area contributed by atoms with Crippen LogP contribution in [0.15, 0.2) is 52.1 Å². The number of aromatic nitrogens is 2. The van der Waals surface area contributed by atoms with Gasteiger partial charge in [-0.3, -0.25) is 15.1 Å². The minimum atomic E-state index is -0.502. The fraction of sp³-hybridized carbons (Fsp3) is 0.133. The van der Waals surface area contributed by atoms with Crippen molar-refractivity contribution in [3.8, 4) is 0 Å². The van der Waals surface area contributed by atoms with Crippen LogP contribution in [0.5, 0.6) is 0 Å². The zero-order chi connectivity index (χ0) is 16.5. The van der Waals surface area contributed by atoms with Crippen LogP contribution >= 0.6 is 0 Å². The minimum absolute atomic E-state index is 0.128. The predicted molar refractivity (Wildman–Crippen MR) is 88.2 cm³/mol. The first-order valence-corrected chi connectivity index (χ1v) is 7.28. The van der Waals surface area contributed by atoms with Gasteiger partial charge in [0.05, 0.1) is 17.2 Å². The number of nitrogens with zero attached hydrogens (tertiary/aromatic N) is 5. The van der Waals surface area contributed by atoms with E-state index in [2.05, 4.69) is 20.6 Å². The normalized spacial score (nSPS) is 14.0. The third kappa shape index (κ3) is 2.32. The van der Waals surface area contributed by atoms with Crippen molar-refractivity contribution >= 4 is 34.1 Å². The second kappa shape index (κ2) is 5.61. The van der Waals surface area contributed by atoms with Crippen LogP contribution in [0.1, 0.15) is 0 Å². The van der Waals surface area contributed by atoms with Gasteiger partial charge < -0.3 is 10.2 Å². The third-order valence-corrected chi connectivity index (χ3v) is 3.73. The maximum absolute atomic E-state index is 11.1. The Bertz CT molecular complexity index is 937. The Kier molecular flexibility index (Phi) is 3.30. The van der Waals surface area contributed by atoms with E-state index in [1.807, 2.05) is 35.2 Å². The van der Waals surface area contributed by atoms with Crippen LogP contribution in [-0.2, 0) is 0 Å². The van der Waals surface area contributed by atoms with Gasteiger partial charge in [-0.15, -0.1) is 0 Å². The lowest BCUT2D eigenvalue weighted by Gasteiger charge is -2.21. The minimum Gasteiger partial charge on any atom is -0.326 e. The molecule has 9 nitrogen and oxygen atoms in total. The fourth-order valence-corrected chi connectivity index (χ4v) is 2.64. The number of non-ortho nitro benzene ring substituents is 1. The summed E-state index contributed by atoms with van der Waals surface area (Å²) in [7, 11) is 0. The van der Waals surface area contributed by atoms with Gasteiger partial charge in [0.25, 0.3) is 0 Å². The van der Waals surface area contributed by atoms with Crippen LogP contribution < -0.4 is 10.2 Å². The number of guanidine groups is 1. The topological polar surface area (TPSA) is 110 Å². The molecule has 2 aromatic carbocycles. The number of nitro groups is 1. The molecule has 0 saturated heterocycles.